The predicted molar refractivity (Wildman–Crippen MR) is 76.0 cm³/mol. The summed E-state index contributed by atoms with van der Waals surface area (Å²) in [6.45, 7) is 3.95. The van der Waals surface area contributed by atoms with E-state index in [0.29, 0.717) is 0 Å². The smallest absolute Gasteiger partial charge is 0.319 e. The molecular formula is C14H20N2O4. The van der Waals surface area contributed by atoms with Crippen molar-refractivity contribution in [3.63, 3.8) is 0 Å². The second-order valence-corrected chi connectivity index (χ2v) is 4.56. The molecule has 0 spiro atoms. The number of aliphatic carboxylic acids is 1. The molecule has 3 N–H and O–H groups in total. The molecule has 110 valence electrons. The van der Waals surface area contributed by atoms with Crippen LogP contribution >= 0.6 is 0 Å². The van der Waals surface area contributed by atoms with Crippen molar-refractivity contribution in [2.24, 2.45) is 0 Å². The van der Waals surface area contributed by atoms with Crippen LogP contribution in [0, 0.1) is 13.8 Å². The van der Waals surface area contributed by atoms with Crippen molar-refractivity contribution >= 4 is 17.7 Å². The highest BCUT2D eigenvalue weighted by atomic mass is 16.5. The second-order valence-electron chi connectivity index (χ2n) is 4.56. The van der Waals surface area contributed by atoms with Crippen LogP contribution in [0.5, 0.6) is 0 Å². The highest BCUT2D eigenvalue weighted by molar-refractivity contribution is 5.91. The number of ether oxygens (including phenoxy) is 1. The van der Waals surface area contributed by atoms with Crippen LogP contribution in [0.15, 0.2) is 18.2 Å². The summed E-state index contributed by atoms with van der Waals surface area (Å²) in [6, 6.07) is 5.35. The zero-order chi connectivity index (χ0) is 15.1. The highest BCUT2D eigenvalue weighted by Gasteiger charge is 2.14. The average molecular weight is 280 g/mol. The van der Waals surface area contributed by atoms with Crippen molar-refractivity contribution < 1.29 is 19.4 Å². The number of carboxylic acid groups (broad SMARTS) is 1. The van der Waals surface area contributed by atoms with Crippen LogP contribution in [0.2, 0.25) is 0 Å². The summed E-state index contributed by atoms with van der Waals surface area (Å²) >= 11 is 0. The van der Waals surface area contributed by atoms with Gasteiger partial charge in [-0.05, 0) is 25.0 Å². The van der Waals surface area contributed by atoms with Crippen LogP contribution in [0.1, 0.15) is 17.5 Å². The van der Waals surface area contributed by atoms with Crippen LogP contribution in [0.25, 0.3) is 0 Å². The Labute approximate surface area is 118 Å². The van der Waals surface area contributed by atoms with Gasteiger partial charge in [-0.2, -0.15) is 0 Å². The Balaban J connectivity index is 2.53. The Morgan fingerprint density at radius 1 is 1.30 bits per heavy atom. The van der Waals surface area contributed by atoms with Crippen molar-refractivity contribution in [1.29, 1.82) is 0 Å². The number of para-hydroxylation sites is 1. The molecular weight excluding hydrogens is 260 g/mol. The van der Waals surface area contributed by atoms with E-state index in [0.717, 1.165) is 16.8 Å². The molecule has 1 aromatic carbocycles. The summed E-state index contributed by atoms with van der Waals surface area (Å²) in [6.07, 6.45) is -0.698. The monoisotopic (exact) mass is 280 g/mol. The first kappa shape index (κ1) is 16.0. The van der Waals surface area contributed by atoms with Crippen LogP contribution in [0.3, 0.4) is 0 Å². The van der Waals surface area contributed by atoms with Gasteiger partial charge in [-0.25, -0.2) is 4.79 Å². The number of methoxy groups -OCH3 is 1. The lowest BCUT2D eigenvalue weighted by molar-refractivity contribution is -0.139. The van der Waals surface area contributed by atoms with Crippen LogP contribution in [-0.4, -0.2) is 36.9 Å². The molecule has 20 heavy (non-hydrogen) atoms. The molecule has 0 aliphatic carbocycles. The number of carbonyl (C=O) groups excluding carboxylic acids is 1. The van der Waals surface area contributed by atoms with Gasteiger partial charge in [0.15, 0.2) is 0 Å². The number of carboxylic acids is 1. The number of amides is 2. The quantitative estimate of drug-likeness (QED) is 0.743. The molecule has 1 atom stereocenters. The normalized spacial score (nSPS) is 11.8. The molecule has 0 radical (unpaired) electrons. The van der Waals surface area contributed by atoms with Gasteiger partial charge in [0.05, 0.1) is 12.5 Å². The van der Waals surface area contributed by atoms with Gasteiger partial charge >= 0.3 is 12.0 Å². The maximum absolute atomic E-state index is 11.8. The van der Waals surface area contributed by atoms with E-state index in [9.17, 15) is 9.59 Å². The number of benzene rings is 1. The van der Waals surface area contributed by atoms with Crippen molar-refractivity contribution in [1.82, 2.24) is 5.32 Å². The fourth-order valence-electron chi connectivity index (χ4n) is 1.81. The SMILES string of the molecule is COC(CNC(=O)Nc1c(C)cccc1C)CC(=O)O. The number of carbonyl (C=O) groups is 2. The van der Waals surface area contributed by atoms with E-state index in [2.05, 4.69) is 10.6 Å². The van der Waals surface area contributed by atoms with Crippen molar-refractivity contribution in [2.75, 3.05) is 19.0 Å². The molecule has 0 aromatic heterocycles. The van der Waals surface area contributed by atoms with Gasteiger partial charge in [0, 0.05) is 19.3 Å². The number of aryl methyl sites for hydroxylation is 2. The minimum absolute atomic E-state index is 0.138. The maximum atomic E-state index is 11.8. The van der Waals surface area contributed by atoms with Gasteiger partial charge in [-0.15, -0.1) is 0 Å². The van der Waals surface area contributed by atoms with E-state index in [4.69, 9.17) is 9.84 Å². The predicted octanol–water partition coefficient (Wildman–Crippen LogP) is 1.91. The molecule has 0 aliphatic rings. The summed E-state index contributed by atoms with van der Waals surface area (Å²) < 4.78 is 4.99. The van der Waals surface area contributed by atoms with Gasteiger partial charge in [0.2, 0.25) is 0 Å². The first-order chi connectivity index (χ1) is 9.43. The van der Waals surface area contributed by atoms with Crippen molar-refractivity contribution in [3.05, 3.63) is 29.3 Å². The number of rotatable bonds is 6. The van der Waals surface area contributed by atoms with E-state index in [1.165, 1.54) is 7.11 Å². The zero-order valence-corrected chi connectivity index (χ0v) is 11.9. The fourth-order valence-corrected chi connectivity index (χ4v) is 1.81. The lowest BCUT2D eigenvalue weighted by Gasteiger charge is -2.16. The average Bonchev–Trinajstić information content (AvgIpc) is 2.38. The first-order valence-electron chi connectivity index (χ1n) is 6.29. The van der Waals surface area contributed by atoms with Crippen LogP contribution in [-0.2, 0) is 9.53 Å². The van der Waals surface area contributed by atoms with E-state index >= 15 is 0 Å². The molecule has 1 aromatic rings. The number of anilines is 1. The lowest BCUT2D eigenvalue weighted by Crippen LogP contribution is -2.37. The molecule has 6 heteroatoms. The van der Waals surface area contributed by atoms with E-state index in [1.807, 2.05) is 32.0 Å². The van der Waals surface area contributed by atoms with Crippen LogP contribution < -0.4 is 10.6 Å². The summed E-state index contributed by atoms with van der Waals surface area (Å²) in [4.78, 5) is 22.4. The molecule has 0 saturated carbocycles. The van der Waals surface area contributed by atoms with Crippen molar-refractivity contribution in [2.45, 2.75) is 26.4 Å². The Morgan fingerprint density at radius 2 is 1.90 bits per heavy atom. The highest BCUT2D eigenvalue weighted by Crippen LogP contribution is 2.18. The molecule has 2 amide bonds. The molecule has 1 rings (SSSR count). The second kappa shape index (κ2) is 7.49. The van der Waals surface area contributed by atoms with Crippen LogP contribution in [0.4, 0.5) is 10.5 Å². The van der Waals surface area contributed by atoms with E-state index in [-0.39, 0.29) is 19.0 Å². The Morgan fingerprint density at radius 3 is 2.40 bits per heavy atom. The molecule has 0 heterocycles. The number of hydrogen-bond donors (Lipinski definition) is 3. The van der Waals surface area contributed by atoms with Gasteiger partial charge in [0.25, 0.3) is 0 Å². The largest absolute Gasteiger partial charge is 0.481 e. The van der Waals surface area contributed by atoms with Gasteiger partial charge in [-0.1, -0.05) is 18.2 Å². The third-order valence-electron chi connectivity index (χ3n) is 2.95. The minimum Gasteiger partial charge on any atom is -0.481 e. The Bertz CT molecular complexity index is 468. The number of nitrogens with one attached hydrogen (secondary N) is 2. The lowest BCUT2D eigenvalue weighted by atomic mass is 10.1. The summed E-state index contributed by atoms with van der Waals surface area (Å²) in [5, 5.41) is 14.0. The maximum Gasteiger partial charge on any atom is 0.319 e. The summed E-state index contributed by atoms with van der Waals surface area (Å²) in [7, 11) is 1.42. The van der Waals surface area contributed by atoms with E-state index < -0.39 is 12.1 Å². The number of hydrogen-bond acceptors (Lipinski definition) is 3. The first-order valence-corrected chi connectivity index (χ1v) is 6.29. The molecule has 0 saturated heterocycles. The Kier molecular flexibility index (Phi) is 5.99. The van der Waals surface area contributed by atoms with Crippen molar-refractivity contribution in [3.8, 4) is 0 Å². The molecule has 6 nitrogen and oxygen atoms in total. The molecule has 0 bridgehead atoms. The third-order valence-corrected chi connectivity index (χ3v) is 2.95. The van der Waals surface area contributed by atoms with Gasteiger partial charge in [0.1, 0.15) is 0 Å². The zero-order valence-electron chi connectivity index (χ0n) is 11.9. The third kappa shape index (κ3) is 4.89. The summed E-state index contributed by atoms with van der Waals surface area (Å²) in [5.41, 5.74) is 2.69. The van der Waals surface area contributed by atoms with Gasteiger partial charge < -0.3 is 20.5 Å². The summed E-state index contributed by atoms with van der Waals surface area (Å²) in [5.74, 6) is -0.964. The fraction of sp³-hybridized carbons (Fsp3) is 0.429. The standard InChI is InChI=1S/C14H20N2O4/c1-9-5-4-6-10(2)13(9)16-14(19)15-8-11(20-3)7-12(17)18/h4-6,11H,7-8H2,1-3H3,(H,17,18)(H2,15,16,19). The molecule has 1 unspecified atom stereocenters. The van der Waals surface area contributed by atoms with Gasteiger partial charge in [-0.3, -0.25) is 4.79 Å². The topological polar surface area (TPSA) is 87.7 Å². The van der Waals surface area contributed by atoms with E-state index in [1.54, 1.807) is 0 Å². The number of urea groups is 1. The minimum atomic E-state index is -0.964. The molecule has 0 aliphatic heterocycles. The Hall–Kier alpha value is -2.08. The molecule has 0 fully saturated rings.